The summed E-state index contributed by atoms with van der Waals surface area (Å²) in [7, 11) is 0. The third-order valence-electron chi connectivity index (χ3n) is 3.16. The van der Waals surface area contributed by atoms with Gasteiger partial charge in [0.1, 0.15) is 5.82 Å². The van der Waals surface area contributed by atoms with Crippen LogP contribution in [0.5, 0.6) is 0 Å². The van der Waals surface area contributed by atoms with Crippen molar-refractivity contribution in [2.24, 2.45) is 5.73 Å². The number of anilines is 1. The van der Waals surface area contributed by atoms with E-state index in [4.69, 9.17) is 5.73 Å². The Hall–Kier alpha value is -1.13. The summed E-state index contributed by atoms with van der Waals surface area (Å²) in [6, 6.07) is 4.82. The van der Waals surface area contributed by atoms with Gasteiger partial charge in [0.05, 0.1) is 12.6 Å². The number of benzene rings is 1. The minimum absolute atomic E-state index is 0.140. The summed E-state index contributed by atoms with van der Waals surface area (Å²) in [5.41, 5.74) is 7.38. The number of aliphatic hydroxyl groups excluding tert-OH is 1. The minimum Gasteiger partial charge on any atom is -0.394 e. The summed E-state index contributed by atoms with van der Waals surface area (Å²) in [5, 5.41) is 9.27. The van der Waals surface area contributed by atoms with E-state index in [-0.39, 0.29) is 18.5 Å². The van der Waals surface area contributed by atoms with Gasteiger partial charge < -0.3 is 15.7 Å². The van der Waals surface area contributed by atoms with E-state index in [2.05, 4.69) is 4.90 Å². The largest absolute Gasteiger partial charge is 0.394 e. The topological polar surface area (TPSA) is 49.5 Å². The average Bonchev–Trinajstić information content (AvgIpc) is 2.76. The fourth-order valence-corrected chi connectivity index (χ4v) is 2.34. The van der Waals surface area contributed by atoms with Gasteiger partial charge in [-0.2, -0.15) is 0 Å². The molecular formula is C12H17FN2O. The van der Waals surface area contributed by atoms with Gasteiger partial charge in [-0.25, -0.2) is 4.39 Å². The number of hydrogen-bond acceptors (Lipinski definition) is 3. The van der Waals surface area contributed by atoms with Crippen molar-refractivity contribution >= 4 is 5.69 Å². The molecule has 1 unspecified atom stereocenters. The highest BCUT2D eigenvalue weighted by atomic mass is 19.1. The van der Waals surface area contributed by atoms with Crippen LogP contribution in [0.3, 0.4) is 0 Å². The van der Waals surface area contributed by atoms with Gasteiger partial charge in [-0.15, -0.1) is 0 Å². The predicted molar refractivity (Wildman–Crippen MR) is 61.7 cm³/mol. The normalized spacial score (nSPS) is 20.4. The maximum absolute atomic E-state index is 13.1. The third-order valence-corrected chi connectivity index (χ3v) is 3.16. The van der Waals surface area contributed by atoms with Gasteiger partial charge in [0.2, 0.25) is 0 Å². The smallest absolute Gasteiger partial charge is 0.123 e. The Morgan fingerprint density at radius 2 is 2.31 bits per heavy atom. The van der Waals surface area contributed by atoms with Crippen LogP contribution in [0.2, 0.25) is 0 Å². The van der Waals surface area contributed by atoms with E-state index in [1.807, 2.05) is 0 Å². The molecule has 1 fully saturated rings. The second-order valence-electron chi connectivity index (χ2n) is 4.15. The van der Waals surface area contributed by atoms with Crippen LogP contribution in [-0.2, 0) is 6.54 Å². The highest BCUT2D eigenvalue weighted by Crippen LogP contribution is 2.28. The van der Waals surface area contributed by atoms with Crippen molar-refractivity contribution < 1.29 is 9.50 Å². The highest BCUT2D eigenvalue weighted by molar-refractivity contribution is 5.55. The fourth-order valence-electron chi connectivity index (χ4n) is 2.34. The van der Waals surface area contributed by atoms with Crippen molar-refractivity contribution in [2.75, 3.05) is 18.1 Å². The van der Waals surface area contributed by atoms with E-state index in [0.717, 1.165) is 30.6 Å². The van der Waals surface area contributed by atoms with Crippen molar-refractivity contribution in [3.8, 4) is 0 Å². The third kappa shape index (κ3) is 2.03. The summed E-state index contributed by atoms with van der Waals surface area (Å²) < 4.78 is 13.1. The van der Waals surface area contributed by atoms with Gasteiger partial charge in [0.15, 0.2) is 0 Å². The Balaban J connectivity index is 2.31. The lowest BCUT2D eigenvalue weighted by molar-refractivity contribution is 0.266. The molecule has 1 aromatic carbocycles. The SMILES string of the molecule is NCc1cc(F)ccc1N1CCCC1CO. The molecule has 0 amide bonds. The van der Waals surface area contributed by atoms with Crippen molar-refractivity contribution in [3.63, 3.8) is 0 Å². The van der Waals surface area contributed by atoms with E-state index < -0.39 is 0 Å². The van der Waals surface area contributed by atoms with Crippen molar-refractivity contribution in [2.45, 2.75) is 25.4 Å². The quantitative estimate of drug-likeness (QED) is 0.812. The first-order valence-corrected chi connectivity index (χ1v) is 5.62. The molecule has 0 aromatic heterocycles. The predicted octanol–water partition coefficient (Wildman–Crippen LogP) is 1.25. The van der Waals surface area contributed by atoms with Gasteiger partial charge in [0, 0.05) is 18.8 Å². The molecule has 0 radical (unpaired) electrons. The van der Waals surface area contributed by atoms with Crippen LogP contribution >= 0.6 is 0 Å². The molecule has 3 nitrogen and oxygen atoms in total. The van der Waals surface area contributed by atoms with E-state index in [1.54, 1.807) is 6.07 Å². The first kappa shape index (κ1) is 11.4. The molecule has 0 spiro atoms. The van der Waals surface area contributed by atoms with Crippen molar-refractivity contribution in [1.82, 2.24) is 0 Å². The highest BCUT2D eigenvalue weighted by Gasteiger charge is 2.25. The zero-order valence-corrected chi connectivity index (χ0v) is 9.19. The maximum atomic E-state index is 13.1. The van der Waals surface area contributed by atoms with Gasteiger partial charge >= 0.3 is 0 Å². The summed E-state index contributed by atoms with van der Waals surface area (Å²) in [6.45, 7) is 1.37. The molecule has 1 atom stereocenters. The van der Waals surface area contributed by atoms with Crippen molar-refractivity contribution in [1.29, 1.82) is 0 Å². The van der Waals surface area contributed by atoms with Crippen molar-refractivity contribution in [3.05, 3.63) is 29.6 Å². The molecule has 1 heterocycles. The molecule has 1 aliphatic heterocycles. The maximum Gasteiger partial charge on any atom is 0.123 e. The first-order valence-electron chi connectivity index (χ1n) is 5.62. The molecule has 16 heavy (non-hydrogen) atoms. The second kappa shape index (κ2) is 4.80. The Morgan fingerprint density at radius 3 is 3.00 bits per heavy atom. The Labute approximate surface area is 94.7 Å². The standard InChI is InChI=1S/C12H17FN2O/c13-10-3-4-12(9(6-10)7-14)15-5-1-2-11(15)8-16/h3-4,6,11,16H,1-2,5,7-8,14H2. The number of halogens is 1. The Bertz CT molecular complexity index is 370. The number of hydrogen-bond donors (Lipinski definition) is 2. The summed E-state index contributed by atoms with van der Waals surface area (Å²) in [5.74, 6) is -0.260. The van der Waals surface area contributed by atoms with Crippen LogP contribution in [-0.4, -0.2) is 24.3 Å². The van der Waals surface area contributed by atoms with Crippen LogP contribution < -0.4 is 10.6 Å². The lowest BCUT2D eigenvalue weighted by Crippen LogP contribution is -2.33. The zero-order chi connectivity index (χ0) is 11.5. The molecule has 1 aliphatic rings. The van der Waals surface area contributed by atoms with Crippen LogP contribution in [0, 0.1) is 5.82 Å². The molecule has 4 heteroatoms. The van der Waals surface area contributed by atoms with Gasteiger partial charge in [-0.1, -0.05) is 0 Å². The van der Waals surface area contributed by atoms with E-state index in [1.165, 1.54) is 12.1 Å². The first-order chi connectivity index (χ1) is 7.76. The molecule has 1 aromatic rings. The van der Waals surface area contributed by atoms with Gasteiger partial charge in [-0.3, -0.25) is 0 Å². The lowest BCUT2D eigenvalue weighted by atomic mass is 10.1. The number of rotatable bonds is 3. The monoisotopic (exact) mass is 224 g/mol. The van der Waals surface area contributed by atoms with Gasteiger partial charge in [-0.05, 0) is 36.6 Å². The molecular weight excluding hydrogens is 207 g/mol. The molecule has 1 saturated heterocycles. The number of nitrogens with two attached hydrogens (primary N) is 1. The second-order valence-corrected chi connectivity index (χ2v) is 4.15. The molecule has 3 N–H and O–H groups in total. The molecule has 2 rings (SSSR count). The summed E-state index contributed by atoms with van der Waals surface area (Å²) >= 11 is 0. The number of nitrogens with zero attached hydrogens (tertiary/aromatic N) is 1. The van der Waals surface area contributed by atoms with Crippen LogP contribution in [0.4, 0.5) is 10.1 Å². The molecule has 88 valence electrons. The summed E-state index contributed by atoms with van der Waals surface area (Å²) in [6.07, 6.45) is 2.05. The fraction of sp³-hybridized carbons (Fsp3) is 0.500. The van der Waals surface area contributed by atoms with Crippen LogP contribution in [0.1, 0.15) is 18.4 Å². The number of aliphatic hydroxyl groups is 1. The van der Waals surface area contributed by atoms with E-state index in [0.29, 0.717) is 6.54 Å². The Morgan fingerprint density at radius 1 is 1.50 bits per heavy atom. The minimum atomic E-state index is -0.260. The molecule has 0 bridgehead atoms. The molecule has 0 saturated carbocycles. The van der Waals surface area contributed by atoms with Crippen LogP contribution in [0.25, 0.3) is 0 Å². The lowest BCUT2D eigenvalue weighted by Gasteiger charge is -2.27. The Kier molecular flexibility index (Phi) is 3.41. The zero-order valence-electron chi connectivity index (χ0n) is 9.19. The van der Waals surface area contributed by atoms with Crippen LogP contribution in [0.15, 0.2) is 18.2 Å². The average molecular weight is 224 g/mol. The van der Waals surface area contributed by atoms with E-state index in [9.17, 15) is 9.50 Å². The molecule has 0 aliphatic carbocycles. The van der Waals surface area contributed by atoms with Gasteiger partial charge in [0.25, 0.3) is 0 Å². The summed E-state index contributed by atoms with van der Waals surface area (Å²) in [4.78, 5) is 2.13. The van der Waals surface area contributed by atoms with E-state index >= 15 is 0 Å².